The van der Waals surface area contributed by atoms with E-state index < -0.39 is 0 Å². The molecule has 0 aliphatic heterocycles. The zero-order valence-electron chi connectivity index (χ0n) is 11.4. The van der Waals surface area contributed by atoms with Gasteiger partial charge in [-0.25, -0.2) is 0 Å². The third-order valence-electron chi connectivity index (χ3n) is 2.99. The van der Waals surface area contributed by atoms with E-state index in [1.54, 1.807) is 0 Å². The predicted molar refractivity (Wildman–Crippen MR) is 79.3 cm³/mol. The first kappa shape index (κ1) is 13.6. The molecule has 0 saturated carbocycles. The molecule has 0 spiro atoms. The minimum Gasteiger partial charge on any atom is -0.380 e. The van der Waals surface area contributed by atoms with Crippen molar-refractivity contribution in [2.45, 2.75) is 13.5 Å². The first-order valence-corrected chi connectivity index (χ1v) is 6.73. The fourth-order valence-corrected chi connectivity index (χ4v) is 2.01. The first-order chi connectivity index (χ1) is 9.40. The van der Waals surface area contributed by atoms with Crippen molar-refractivity contribution in [1.29, 1.82) is 0 Å². The monoisotopic (exact) mass is 254 g/mol. The van der Waals surface area contributed by atoms with Crippen LogP contribution in [-0.2, 0) is 11.3 Å². The lowest BCUT2D eigenvalue weighted by Gasteiger charge is -2.24. The molecule has 0 aromatic heterocycles. The summed E-state index contributed by atoms with van der Waals surface area (Å²) >= 11 is 0. The van der Waals surface area contributed by atoms with E-state index in [9.17, 15) is 0 Å². The van der Waals surface area contributed by atoms with Crippen molar-refractivity contribution in [1.82, 2.24) is 0 Å². The van der Waals surface area contributed by atoms with E-state index in [4.69, 9.17) is 4.74 Å². The van der Waals surface area contributed by atoms with E-state index >= 15 is 0 Å². The maximum Gasteiger partial charge on any atom is 0.0641 e. The fraction of sp³-hybridized carbons (Fsp3) is 0.294. The average molecular weight is 254 g/mol. The van der Waals surface area contributed by atoms with Crippen molar-refractivity contribution in [3.05, 3.63) is 66.2 Å². The van der Waals surface area contributed by atoms with Crippen molar-refractivity contribution in [2.75, 3.05) is 24.7 Å². The highest BCUT2D eigenvalue weighted by Gasteiger charge is 2.06. The molecule has 19 heavy (non-hydrogen) atoms. The molecular formula is C17H20NO. The van der Waals surface area contributed by atoms with Crippen LogP contribution in [0.2, 0.25) is 0 Å². The fourth-order valence-electron chi connectivity index (χ4n) is 2.01. The lowest BCUT2D eigenvalue weighted by Crippen LogP contribution is -2.27. The first-order valence-electron chi connectivity index (χ1n) is 6.73. The highest BCUT2D eigenvalue weighted by molar-refractivity contribution is 5.46. The van der Waals surface area contributed by atoms with Gasteiger partial charge in [-0.2, -0.15) is 0 Å². The van der Waals surface area contributed by atoms with Crippen molar-refractivity contribution in [3.63, 3.8) is 0 Å². The van der Waals surface area contributed by atoms with Crippen LogP contribution in [0.4, 0.5) is 5.69 Å². The van der Waals surface area contributed by atoms with E-state index in [1.807, 2.05) is 25.1 Å². The van der Waals surface area contributed by atoms with Gasteiger partial charge in [-0.1, -0.05) is 42.5 Å². The Morgan fingerprint density at radius 1 is 1.05 bits per heavy atom. The summed E-state index contributed by atoms with van der Waals surface area (Å²) in [5.41, 5.74) is 2.52. The number of hydrogen-bond acceptors (Lipinski definition) is 2. The molecule has 0 atom stereocenters. The Labute approximate surface area is 115 Å². The zero-order chi connectivity index (χ0) is 13.3. The maximum atomic E-state index is 5.47. The number of benzene rings is 2. The maximum absolute atomic E-state index is 5.47. The summed E-state index contributed by atoms with van der Waals surface area (Å²) in [6, 6.07) is 21.7. The van der Waals surface area contributed by atoms with Crippen LogP contribution in [0.25, 0.3) is 0 Å². The Kier molecular flexibility index (Phi) is 5.45. The van der Waals surface area contributed by atoms with Crippen molar-refractivity contribution in [3.8, 4) is 0 Å². The third-order valence-corrected chi connectivity index (χ3v) is 2.99. The minimum absolute atomic E-state index is 0.752. The van der Waals surface area contributed by atoms with Crippen LogP contribution in [0.3, 0.4) is 0 Å². The third kappa shape index (κ3) is 4.42. The van der Waals surface area contributed by atoms with E-state index in [0.29, 0.717) is 0 Å². The second-order valence-electron chi connectivity index (χ2n) is 4.36. The average Bonchev–Trinajstić information content (AvgIpc) is 2.48. The summed E-state index contributed by atoms with van der Waals surface area (Å²) in [4.78, 5) is 2.33. The zero-order valence-corrected chi connectivity index (χ0v) is 11.4. The van der Waals surface area contributed by atoms with Crippen LogP contribution in [0.1, 0.15) is 12.5 Å². The molecule has 0 bridgehead atoms. The molecule has 1 radical (unpaired) electrons. The summed E-state index contributed by atoms with van der Waals surface area (Å²) in [5, 5.41) is 0. The van der Waals surface area contributed by atoms with Crippen molar-refractivity contribution in [2.24, 2.45) is 0 Å². The molecular weight excluding hydrogens is 234 g/mol. The SMILES string of the molecule is CCOCCN(Cc1ccccc1)c1cc[c]cc1. The summed E-state index contributed by atoms with van der Waals surface area (Å²) in [5.74, 6) is 0. The molecule has 2 rings (SSSR count). The van der Waals surface area contributed by atoms with Crippen LogP contribution >= 0.6 is 0 Å². The molecule has 0 unspecified atom stereocenters. The highest BCUT2D eigenvalue weighted by Crippen LogP contribution is 2.16. The lowest BCUT2D eigenvalue weighted by atomic mass is 10.2. The van der Waals surface area contributed by atoms with Crippen molar-refractivity contribution >= 4 is 5.69 Å². The molecule has 0 fully saturated rings. The van der Waals surface area contributed by atoms with Crippen LogP contribution in [-0.4, -0.2) is 19.8 Å². The summed E-state index contributed by atoms with van der Waals surface area (Å²) in [7, 11) is 0. The van der Waals surface area contributed by atoms with E-state index in [-0.39, 0.29) is 0 Å². The van der Waals surface area contributed by atoms with Crippen LogP contribution in [0.15, 0.2) is 54.6 Å². The van der Waals surface area contributed by atoms with Crippen molar-refractivity contribution < 1.29 is 4.74 Å². The van der Waals surface area contributed by atoms with Gasteiger partial charge in [-0.3, -0.25) is 0 Å². The van der Waals surface area contributed by atoms with Gasteiger partial charge in [0.15, 0.2) is 0 Å². The molecule has 0 aliphatic rings. The van der Waals surface area contributed by atoms with E-state index in [0.717, 1.165) is 26.3 Å². The minimum atomic E-state index is 0.752. The lowest BCUT2D eigenvalue weighted by molar-refractivity contribution is 0.153. The number of anilines is 1. The Bertz CT molecular complexity index is 455. The van der Waals surface area contributed by atoms with Gasteiger partial charge in [-0.05, 0) is 30.7 Å². The molecule has 2 aromatic rings. The predicted octanol–water partition coefficient (Wildman–Crippen LogP) is 3.53. The number of hydrogen-bond donors (Lipinski definition) is 0. The molecule has 2 nitrogen and oxygen atoms in total. The Hall–Kier alpha value is -1.80. The smallest absolute Gasteiger partial charge is 0.0641 e. The topological polar surface area (TPSA) is 12.5 Å². The highest BCUT2D eigenvalue weighted by atomic mass is 16.5. The van der Waals surface area contributed by atoms with E-state index in [2.05, 4.69) is 47.4 Å². The molecule has 2 heteroatoms. The molecule has 2 aromatic carbocycles. The molecule has 0 aliphatic carbocycles. The Morgan fingerprint density at radius 3 is 2.47 bits per heavy atom. The van der Waals surface area contributed by atoms with E-state index in [1.165, 1.54) is 11.3 Å². The molecule has 0 heterocycles. The van der Waals surface area contributed by atoms with Crippen LogP contribution in [0.5, 0.6) is 0 Å². The molecule has 0 amide bonds. The van der Waals surface area contributed by atoms with Gasteiger partial charge in [0.05, 0.1) is 6.61 Å². The van der Waals surface area contributed by atoms with Gasteiger partial charge < -0.3 is 9.64 Å². The van der Waals surface area contributed by atoms with Crippen LogP contribution in [0, 0.1) is 6.07 Å². The van der Waals surface area contributed by atoms with Gasteiger partial charge in [0.25, 0.3) is 0 Å². The van der Waals surface area contributed by atoms with Gasteiger partial charge in [0.1, 0.15) is 0 Å². The quantitative estimate of drug-likeness (QED) is 0.701. The molecule has 99 valence electrons. The second kappa shape index (κ2) is 7.59. The number of rotatable bonds is 7. The standard InChI is InChI=1S/C17H20NO/c1-2-19-14-13-18(17-11-7-4-8-12-17)15-16-9-5-3-6-10-16/h3,5-12H,2,13-15H2,1H3. The van der Waals surface area contributed by atoms with Gasteiger partial charge in [0, 0.05) is 25.4 Å². The normalized spacial score (nSPS) is 10.4. The molecule has 0 saturated heterocycles. The van der Waals surface area contributed by atoms with Gasteiger partial charge in [-0.15, -0.1) is 0 Å². The summed E-state index contributed by atoms with van der Waals surface area (Å²) in [6.45, 7) is 5.34. The summed E-state index contributed by atoms with van der Waals surface area (Å²) in [6.07, 6.45) is 0. The Morgan fingerprint density at radius 2 is 1.79 bits per heavy atom. The van der Waals surface area contributed by atoms with Gasteiger partial charge >= 0.3 is 0 Å². The second-order valence-corrected chi connectivity index (χ2v) is 4.36. The van der Waals surface area contributed by atoms with Gasteiger partial charge in [0.2, 0.25) is 0 Å². The Balaban J connectivity index is 2.06. The summed E-state index contributed by atoms with van der Waals surface area (Å²) < 4.78 is 5.47. The number of ether oxygens (including phenoxy) is 1. The number of nitrogens with zero attached hydrogens (tertiary/aromatic N) is 1. The largest absolute Gasteiger partial charge is 0.380 e. The van der Waals surface area contributed by atoms with Crippen LogP contribution < -0.4 is 4.90 Å². The molecule has 0 N–H and O–H groups in total.